The molecule has 7 nitrogen and oxygen atoms in total. The Kier molecular flexibility index (Phi) is 7.01. The van der Waals surface area contributed by atoms with Crippen molar-refractivity contribution in [2.75, 3.05) is 14.2 Å². The summed E-state index contributed by atoms with van der Waals surface area (Å²) < 4.78 is 14.2. The van der Waals surface area contributed by atoms with Crippen LogP contribution in [0.25, 0.3) is 17.1 Å². The summed E-state index contributed by atoms with van der Waals surface area (Å²) in [6.07, 6.45) is 0. The highest BCUT2D eigenvalue weighted by molar-refractivity contribution is 9.10. The quantitative estimate of drug-likeness (QED) is 0.259. The van der Waals surface area contributed by atoms with Crippen LogP contribution in [0.3, 0.4) is 0 Å². The van der Waals surface area contributed by atoms with Crippen LogP contribution in [0.15, 0.2) is 53.0 Å². The van der Waals surface area contributed by atoms with Crippen molar-refractivity contribution in [1.29, 1.82) is 0 Å². The molecule has 5 rings (SSSR count). The van der Waals surface area contributed by atoms with Gasteiger partial charge >= 0.3 is 0 Å². The first-order chi connectivity index (χ1) is 18.2. The zero-order valence-electron chi connectivity index (χ0n) is 22.5. The minimum Gasteiger partial charge on any atom is -0.496 e. The molecule has 1 aromatic heterocycles. The van der Waals surface area contributed by atoms with Crippen molar-refractivity contribution in [2.45, 2.75) is 46.7 Å². The molecule has 1 amide bonds. The molecule has 0 N–H and O–H groups in total. The molecular formula is C30H31BrN4O3. The molecule has 3 aromatic carbocycles. The van der Waals surface area contributed by atoms with Crippen LogP contribution in [-0.4, -0.2) is 39.8 Å². The monoisotopic (exact) mass is 574 g/mol. The van der Waals surface area contributed by atoms with Crippen LogP contribution in [-0.2, 0) is 13.1 Å². The van der Waals surface area contributed by atoms with Gasteiger partial charge in [-0.25, -0.2) is 0 Å². The smallest absolute Gasteiger partial charge is 0.292 e. The van der Waals surface area contributed by atoms with Gasteiger partial charge in [0.1, 0.15) is 11.5 Å². The first-order valence-corrected chi connectivity index (χ1v) is 13.4. The van der Waals surface area contributed by atoms with E-state index in [4.69, 9.17) is 9.47 Å². The number of fused-ring (bicyclic) bond motifs is 3. The van der Waals surface area contributed by atoms with Crippen LogP contribution >= 0.6 is 15.9 Å². The number of halogens is 1. The summed E-state index contributed by atoms with van der Waals surface area (Å²) in [5.41, 5.74) is 7.13. The number of aryl methyl sites for hydroxylation is 2. The normalized spacial score (nSPS) is 12.8. The number of carbonyl (C=O) groups excluding carboxylic acids is 1. The Bertz CT molecular complexity index is 1540. The van der Waals surface area contributed by atoms with Gasteiger partial charge in [0.2, 0.25) is 5.82 Å². The van der Waals surface area contributed by atoms with E-state index in [1.807, 2.05) is 33.7 Å². The summed E-state index contributed by atoms with van der Waals surface area (Å²) in [6.45, 7) is 9.31. The van der Waals surface area contributed by atoms with E-state index in [-0.39, 0.29) is 17.6 Å². The Labute approximate surface area is 231 Å². The molecule has 196 valence electrons. The molecule has 1 aliphatic heterocycles. The summed E-state index contributed by atoms with van der Waals surface area (Å²) in [4.78, 5) is 15.8. The highest BCUT2D eigenvalue weighted by Crippen LogP contribution is 2.40. The van der Waals surface area contributed by atoms with Crippen LogP contribution < -0.4 is 9.47 Å². The first-order valence-electron chi connectivity index (χ1n) is 12.6. The fraction of sp³-hybridized carbons (Fsp3) is 0.300. The lowest BCUT2D eigenvalue weighted by molar-refractivity contribution is 0.0721. The van der Waals surface area contributed by atoms with Gasteiger partial charge in [0.05, 0.1) is 25.5 Å². The third-order valence-corrected chi connectivity index (χ3v) is 7.64. The van der Waals surface area contributed by atoms with Gasteiger partial charge in [0.15, 0.2) is 5.82 Å². The average molecular weight is 576 g/mol. The van der Waals surface area contributed by atoms with Crippen LogP contribution in [0.5, 0.6) is 11.5 Å². The molecule has 8 heteroatoms. The van der Waals surface area contributed by atoms with Gasteiger partial charge in [0, 0.05) is 23.6 Å². The van der Waals surface area contributed by atoms with Crippen molar-refractivity contribution in [3.05, 3.63) is 86.6 Å². The van der Waals surface area contributed by atoms with E-state index < -0.39 is 0 Å². The third kappa shape index (κ3) is 4.58. The molecule has 38 heavy (non-hydrogen) atoms. The molecule has 0 spiro atoms. The number of rotatable bonds is 6. The lowest BCUT2D eigenvalue weighted by atomic mass is 9.98. The molecule has 0 bridgehead atoms. The van der Waals surface area contributed by atoms with E-state index in [2.05, 4.69) is 78.1 Å². The lowest BCUT2D eigenvalue weighted by Gasteiger charge is -2.21. The van der Waals surface area contributed by atoms with Gasteiger partial charge in [-0.3, -0.25) is 9.36 Å². The van der Waals surface area contributed by atoms with Gasteiger partial charge in [-0.05, 0) is 71.8 Å². The minimum atomic E-state index is -0.175. The van der Waals surface area contributed by atoms with Crippen molar-refractivity contribution in [3.63, 3.8) is 0 Å². The maximum absolute atomic E-state index is 14.0. The number of hydrogen-bond acceptors (Lipinski definition) is 5. The van der Waals surface area contributed by atoms with Gasteiger partial charge < -0.3 is 14.4 Å². The van der Waals surface area contributed by atoms with E-state index in [0.29, 0.717) is 24.7 Å². The molecule has 0 unspecified atom stereocenters. The predicted octanol–water partition coefficient (Wildman–Crippen LogP) is 6.61. The highest BCUT2D eigenvalue weighted by Gasteiger charge is 2.32. The van der Waals surface area contributed by atoms with Gasteiger partial charge in [-0.2, -0.15) is 0 Å². The number of nitrogens with zero attached hydrogens (tertiary/aromatic N) is 4. The Morgan fingerprint density at radius 1 is 0.921 bits per heavy atom. The molecule has 2 heterocycles. The topological polar surface area (TPSA) is 69.5 Å². The highest BCUT2D eigenvalue weighted by atomic mass is 79.9. The van der Waals surface area contributed by atoms with Crippen molar-refractivity contribution in [3.8, 4) is 28.6 Å². The fourth-order valence-electron chi connectivity index (χ4n) is 4.94. The number of carbonyl (C=O) groups is 1. The molecule has 1 aliphatic rings. The Balaban J connectivity index is 1.69. The Morgan fingerprint density at radius 3 is 2.34 bits per heavy atom. The molecule has 0 atom stereocenters. The van der Waals surface area contributed by atoms with Crippen molar-refractivity contribution in [2.24, 2.45) is 0 Å². The van der Waals surface area contributed by atoms with E-state index in [0.717, 1.165) is 38.2 Å². The molecule has 4 aromatic rings. The standard InChI is InChI=1S/C30H31BrN4O3/c1-17(2)23-13-24(27(38-6)14-26(23)37-5)28-32-33-29-30(36)34(15-20-8-7-18(3)19(4)11-20)16-21-12-22(31)9-10-25(21)35(28)29/h7-14,17H,15-16H2,1-6H3. The second kappa shape index (κ2) is 10.3. The summed E-state index contributed by atoms with van der Waals surface area (Å²) >= 11 is 3.62. The summed E-state index contributed by atoms with van der Waals surface area (Å²) in [7, 11) is 3.27. The van der Waals surface area contributed by atoms with Crippen LogP contribution in [0.4, 0.5) is 0 Å². The average Bonchev–Trinajstić information content (AvgIpc) is 3.29. The maximum atomic E-state index is 14.0. The summed E-state index contributed by atoms with van der Waals surface area (Å²) in [5.74, 6) is 2.20. The van der Waals surface area contributed by atoms with E-state index in [1.54, 1.807) is 14.2 Å². The number of benzene rings is 3. The van der Waals surface area contributed by atoms with Crippen molar-refractivity contribution >= 4 is 21.8 Å². The summed E-state index contributed by atoms with van der Waals surface area (Å²) in [6, 6.07) is 16.2. The second-order valence-corrected chi connectivity index (χ2v) is 10.9. The first kappa shape index (κ1) is 26.0. The number of hydrogen-bond donors (Lipinski definition) is 0. The van der Waals surface area contributed by atoms with Gasteiger partial charge in [-0.15, -0.1) is 10.2 Å². The van der Waals surface area contributed by atoms with Crippen LogP contribution in [0.2, 0.25) is 0 Å². The lowest BCUT2D eigenvalue weighted by Crippen LogP contribution is -2.30. The van der Waals surface area contributed by atoms with Crippen molar-refractivity contribution < 1.29 is 14.3 Å². The van der Waals surface area contributed by atoms with E-state index in [9.17, 15) is 4.79 Å². The number of methoxy groups -OCH3 is 2. The summed E-state index contributed by atoms with van der Waals surface area (Å²) in [5, 5.41) is 8.98. The molecule has 0 aliphatic carbocycles. The van der Waals surface area contributed by atoms with Gasteiger partial charge in [0.25, 0.3) is 5.91 Å². The zero-order valence-corrected chi connectivity index (χ0v) is 24.1. The number of aromatic nitrogens is 3. The Hall–Kier alpha value is -3.65. The van der Waals surface area contributed by atoms with E-state index >= 15 is 0 Å². The Morgan fingerprint density at radius 2 is 1.66 bits per heavy atom. The predicted molar refractivity (Wildman–Crippen MR) is 151 cm³/mol. The minimum absolute atomic E-state index is 0.175. The van der Waals surface area contributed by atoms with Crippen molar-refractivity contribution in [1.82, 2.24) is 19.7 Å². The second-order valence-electron chi connectivity index (χ2n) is 9.98. The molecule has 0 saturated heterocycles. The largest absolute Gasteiger partial charge is 0.496 e. The number of ether oxygens (including phenoxy) is 2. The van der Waals surface area contributed by atoms with Gasteiger partial charge in [-0.1, -0.05) is 48.0 Å². The van der Waals surface area contributed by atoms with Crippen LogP contribution in [0.1, 0.15) is 58.2 Å². The number of amides is 1. The molecule has 0 fully saturated rings. The third-order valence-electron chi connectivity index (χ3n) is 7.14. The van der Waals surface area contributed by atoms with E-state index in [1.165, 1.54) is 11.1 Å². The SMILES string of the molecule is COc1cc(OC)c(C(C)C)cc1-c1nnc2n1-c1ccc(Br)cc1CN(Cc1ccc(C)c(C)c1)C2=O. The zero-order chi connectivity index (χ0) is 27.1. The molecular weight excluding hydrogens is 544 g/mol. The maximum Gasteiger partial charge on any atom is 0.292 e. The molecule has 0 saturated carbocycles. The fourth-order valence-corrected chi connectivity index (χ4v) is 5.35. The van der Waals surface area contributed by atoms with Crippen LogP contribution in [0, 0.1) is 13.8 Å². The molecule has 0 radical (unpaired) electrons.